The molecule has 6 heteroatoms. The Balaban J connectivity index is 1.21. The van der Waals surface area contributed by atoms with Crippen LogP contribution in [-0.4, -0.2) is 6.85 Å². The summed E-state index contributed by atoms with van der Waals surface area (Å²) in [5.74, 6) is 1.68. The number of fused-ring (bicyclic) bond motifs is 10. The van der Waals surface area contributed by atoms with E-state index >= 15 is 0 Å². The van der Waals surface area contributed by atoms with Gasteiger partial charge in [0.15, 0.2) is 5.75 Å². The fraction of sp³-hybridized carbons (Fsp3) is 0.0690. The summed E-state index contributed by atoms with van der Waals surface area (Å²) in [6.45, 7) is 6.65. The number of hydrogen-bond acceptors (Lipinski definition) is 5. The summed E-state index contributed by atoms with van der Waals surface area (Å²) >= 11 is 0. The number of para-hydroxylation sites is 6. The monoisotopic (exact) mass is 823 g/mol. The molecule has 5 nitrogen and oxygen atoms in total. The number of nitrogens with zero attached hydrogens (tertiary/aromatic N) is 3. The Morgan fingerprint density at radius 1 is 0.469 bits per heavy atom. The van der Waals surface area contributed by atoms with Crippen molar-refractivity contribution in [1.82, 2.24) is 0 Å². The summed E-state index contributed by atoms with van der Waals surface area (Å²) < 4.78 is 13.6. The van der Waals surface area contributed by atoms with Crippen molar-refractivity contribution in [3.8, 4) is 33.8 Å². The molecule has 304 valence electrons. The molecule has 64 heavy (non-hydrogen) atoms. The average Bonchev–Trinajstić information content (AvgIpc) is 3.72. The highest BCUT2D eigenvalue weighted by Crippen LogP contribution is 2.57. The Morgan fingerprint density at radius 3 is 1.91 bits per heavy atom. The van der Waals surface area contributed by atoms with Crippen LogP contribution in [-0.2, 0) is 5.41 Å². The van der Waals surface area contributed by atoms with Crippen LogP contribution in [0.15, 0.2) is 205 Å². The summed E-state index contributed by atoms with van der Waals surface area (Å²) in [6.07, 6.45) is 0. The van der Waals surface area contributed by atoms with Crippen LogP contribution in [0.25, 0.3) is 44.2 Å². The highest BCUT2D eigenvalue weighted by atomic mass is 16.5. The van der Waals surface area contributed by atoms with Gasteiger partial charge < -0.3 is 23.8 Å². The van der Waals surface area contributed by atoms with E-state index in [1.54, 1.807) is 0 Å². The van der Waals surface area contributed by atoms with Crippen molar-refractivity contribution in [2.45, 2.75) is 26.2 Å². The molecule has 9 aromatic carbocycles. The molecule has 10 aromatic rings. The first-order valence-corrected chi connectivity index (χ1v) is 22.1. The van der Waals surface area contributed by atoms with Gasteiger partial charge in [-0.25, -0.2) is 0 Å². The van der Waals surface area contributed by atoms with Crippen LogP contribution in [0.2, 0.25) is 0 Å². The number of benzene rings is 9. The summed E-state index contributed by atoms with van der Waals surface area (Å²) in [5.41, 5.74) is 18.7. The van der Waals surface area contributed by atoms with E-state index in [1.807, 2.05) is 0 Å². The Morgan fingerprint density at radius 2 is 1.14 bits per heavy atom. The summed E-state index contributed by atoms with van der Waals surface area (Å²) in [6, 6.07) is 72.3. The van der Waals surface area contributed by atoms with E-state index in [4.69, 9.17) is 9.15 Å². The van der Waals surface area contributed by atoms with E-state index < -0.39 is 0 Å². The Hall–Kier alpha value is -7.96. The largest absolute Gasteiger partial charge is 0.456 e. The molecule has 0 fully saturated rings. The molecule has 1 aromatic heterocycles. The first-order valence-electron chi connectivity index (χ1n) is 22.1. The molecule has 0 saturated heterocycles. The first-order chi connectivity index (χ1) is 31.4. The molecule has 0 N–H and O–H groups in total. The molecule has 3 aliphatic rings. The van der Waals surface area contributed by atoms with Gasteiger partial charge in [0.1, 0.15) is 16.9 Å². The molecule has 0 atom stereocenters. The minimum atomic E-state index is -0.246. The van der Waals surface area contributed by atoms with Crippen molar-refractivity contribution < 1.29 is 9.15 Å². The topological polar surface area (TPSA) is 32.1 Å². The third-order valence-corrected chi connectivity index (χ3v) is 13.3. The summed E-state index contributed by atoms with van der Waals surface area (Å²) in [4.78, 5) is 7.50. The number of furan rings is 1. The van der Waals surface area contributed by atoms with Crippen LogP contribution in [0.1, 0.15) is 26.3 Å². The predicted octanol–water partition coefficient (Wildman–Crippen LogP) is 14.8. The molecule has 0 unspecified atom stereocenters. The summed E-state index contributed by atoms with van der Waals surface area (Å²) in [5, 5.41) is 2.22. The molecule has 3 aliphatic heterocycles. The molecular formula is C58H42BN3O2. The SMILES string of the molecule is CC(C)(C)c1ccc(N2c3cc(N(c4ccccc4)c4ccccc4)cc4c3B(c3c2ccc2oc5ccccc5c32)N2c3ccccc3Oc3cccc-4c32)c(-c2ccccc2)c1. The van der Waals surface area contributed by atoms with Gasteiger partial charge in [-0.1, -0.05) is 136 Å². The molecule has 0 bridgehead atoms. The van der Waals surface area contributed by atoms with E-state index in [1.165, 1.54) is 33.2 Å². The zero-order chi connectivity index (χ0) is 42.7. The number of hydrogen-bond donors (Lipinski definition) is 0. The lowest BCUT2D eigenvalue weighted by Crippen LogP contribution is -2.62. The van der Waals surface area contributed by atoms with Gasteiger partial charge in [-0.2, -0.15) is 0 Å². The highest BCUT2D eigenvalue weighted by molar-refractivity contribution is 6.95. The van der Waals surface area contributed by atoms with Crippen molar-refractivity contribution >= 4 is 85.2 Å². The minimum Gasteiger partial charge on any atom is -0.456 e. The highest BCUT2D eigenvalue weighted by Gasteiger charge is 2.49. The molecular weight excluding hydrogens is 781 g/mol. The van der Waals surface area contributed by atoms with Crippen LogP contribution < -0.4 is 30.3 Å². The zero-order valence-corrected chi connectivity index (χ0v) is 35.8. The van der Waals surface area contributed by atoms with E-state index in [2.05, 4.69) is 236 Å². The van der Waals surface area contributed by atoms with Gasteiger partial charge in [0.2, 0.25) is 0 Å². The second-order valence-corrected chi connectivity index (χ2v) is 18.1. The molecule has 0 amide bonds. The Labute approximate surface area is 373 Å². The predicted molar refractivity (Wildman–Crippen MR) is 266 cm³/mol. The van der Waals surface area contributed by atoms with Crippen LogP contribution in [0.4, 0.5) is 45.5 Å². The molecule has 0 aliphatic carbocycles. The van der Waals surface area contributed by atoms with Gasteiger partial charge in [0.05, 0.1) is 17.1 Å². The van der Waals surface area contributed by atoms with E-state index in [0.29, 0.717) is 0 Å². The number of anilines is 8. The van der Waals surface area contributed by atoms with Gasteiger partial charge in [-0.15, -0.1) is 0 Å². The molecule has 13 rings (SSSR count). The number of rotatable bonds is 5. The second-order valence-electron chi connectivity index (χ2n) is 18.1. The standard InChI is InChI=1S/C58H42BN3O2/c1-58(2,3)38-30-31-46(44(34-38)37-18-7-4-8-19-37)61-48-32-33-52-54(43-24-13-15-27-50(43)63-52)56(48)59-55-45(42-25-17-29-53-57(42)62(59)47-26-14-16-28-51(47)64-53)35-41(36-49(55)61)60(39-20-9-5-10-21-39)40-22-11-6-12-23-40/h4-36H,1-3H3. The maximum atomic E-state index is 6.84. The fourth-order valence-corrected chi connectivity index (χ4v) is 10.5. The van der Waals surface area contributed by atoms with Gasteiger partial charge in [0, 0.05) is 50.3 Å². The lowest BCUT2D eigenvalue weighted by Gasteiger charge is -2.48. The van der Waals surface area contributed by atoms with E-state index in [0.717, 1.165) is 84.5 Å². The molecule has 0 radical (unpaired) electrons. The third kappa shape index (κ3) is 5.39. The van der Waals surface area contributed by atoms with Crippen molar-refractivity contribution in [2.24, 2.45) is 0 Å². The normalized spacial score (nSPS) is 13.3. The molecule has 4 heterocycles. The maximum absolute atomic E-state index is 6.84. The Kier molecular flexibility index (Phi) is 7.89. The van der Waals surface area contributed by atoms with Crippen LogP contribution in [0.5, 0.6) is 11.5 Å². The first kappa shape index (κ1) is 36.7. The number of ether oxygens (including phenoxy) is 1. The average molecular weight is 824 g/mol. The van der Waals surface area contributed by atoms with E-state index in [-0.39, 0.29) is 12.3 Å². The van der Waals surface area contributed by atoms with Crippen LogP contribution in [0.3, 0.4) is 0 Å². The lowest BCUT2D eigenvalue weighted by molar-refractivity contribution is 0.478. The quantitative estimate of drug-likeness (QED) is 0.161. The van der Waals surface area contributed by atoms with Gasteiger partial charge in [0.25, 0.3) is 0 Å². The van der Waals surface area contributed by atoms with Crippen molar-refractivity contribution in [2.75, 3.05) is 14.6 Å². The zero-order valence-electron chi connectivity index (χ0n) is 35.8. The molecule has 0 spiro atoms. The summed E-state index contributed by atoms with van der Waals surface area (Å²) in [7, 11) is 0. The maximum Gasteiger partial charge on any atom is 0.334 e. The smallest absolute Gasteiger partial charge is 0.334 e. The second kappa shape index (κ2) is 13.8. The molecule has 0 saturated carbocycles. The minimum absolute atomic E-state index is 0.0646. The van der Waals surface area contributed by atoms with Crippen molar-refractivity contribution in [3.63, 3.8) is 0 Å². The van der Waals surface area contributed by atoms with Crippen molar-refractivity contribution in [1.29, 1.82) is 0 Å². The van der Waals surface area contributed by atoms with Gasteiger partial charge in [-0.05, 0) is 118 Å². The van der Waals surface area contributed by atoms with E-state index in [9.17, 15) is 0 Å². The van der Waals surface area contributed by atoms with Crippen LogP contribution in [0, 0.1) is 0 Å². The van der Waals surface area contributed by atoms with Crippen molar-refractivity contribution in [3.05, 3.63) is 206 Å². The van der Waals surface area contributed by atoms with Gasteiger partial charge >= 0.3 is 6.85 Å². The lowest BCUT2D eigenvalue weighted by atomic mass is 9.42. The third-order valence-electron chi connectivity index (χ3n) is 13.3. The Bertz CT molecular complexity index is 3450. The fourth-order valence-electron chi connectivity index (χ4n) is 10.5. The van der Waals surface area contributed by atoms with Crippen LogP contribution >= 0.6 is 0 Å². The van der Waals surface area contributed by atoms with Gasteiger partial charge in [-0.3, -0.25) is 0 Å².